The van der Waals surface area contributed by atoms with Crippen LogP contribution in [-0.4, -0.2) is 36.0 Å². The SMILES string of the molecule is C#CCCC1(CCC(=O)Nc2cccc3c2CCN(C)C3=O)N=N1. The van der Waals surface area contributed by atoms with Gasteiger partial charge in [0.1, 0.15) is 0 Å². The first kappa shape index (κ1) is 16.2. The van der Waals surface area contributed by atoms with Gasteiger partial charge in [-0.25, -0.2) is 0 Å². The minimum atomic E-state index is -0.446. The number of carbonyl (C=O) groups is 2. The van der Waals surface area contributed by atoms with E-state index in [1.54, 1.807) is 24.1 Å². The van der Waals surface area contributed by atoms with Crippen LogP contribution in [0.3, 0.4) is 0 Å². The second-order valence-corrected chi connectivity index (χ2v) is 6.24. The molecule has 2 aliphatic rings. The predicted octanol–water partition coefficient (Wildman–Crippen LogP) is 2.61. The van der Waals surface area contributed by atoms with E-state index in [0.717, 1.165) is 17.7 Å². The summed E-state index contributed by atoms with van der Waals surface area (Å²) >= 11 is 0. The molecular formula is C18H20N4O2. The molecule has 6 heteroatoms. The van der Waals surface area contributed by atoms with Crippen LogP contribution in [0.25, 0.3) is 0 Å². The number of amides is 2. The van der Waals surface area contributed by atoms with Crippen molar-refractivity contribution < 1.29 is 9.59 Å². The van der Waals surface area contributed by atoms with Crippen molar-refractivity contribution in [3.05, 3.63) is 29.3 Å². The Morgan fingerprint density at radius 2 is 2.21 bits per heavy atom. The van der Waals surface area contributed by atoms with E-state index in [4.69, 9.17) is 6.42 Å². The summed E-state index contributed by atoms with van der Waals surface area (Å²) in [6.45, 7) is 0.658. The Morgan fingerprint density at radius 3 is 2.92 bits per heavy atom. The predicted molar refractivity (Wildman–Crippen MR) is 90.6 cm³/mol. The van der Waals surface area contributed by atoms with Crippen molar-refractivity contribution in [1.29, 1.82) is 0 Å². The zero-order chi connectivity index (χ0) is 17.2. The van der Waals surface area contributed by atoms with Gasteiger partial charge in [-0.3, -0.25) is 9.59 Å². The third-order valence-corrected chi connectivity index (χ3v) is 4.53. The highest BCUT2D eigenvalue weighted by Crippen LogP contribution is 2.37. The fraction of sp³-hybridized carbons (Fsp3) is 0.444. The Morgan fingerprint density at radius 1 is 1.42 bits per heavy atom. The lowest BCUT2D eigenvalue weighted by atomic mass is 9.97. The van der Waals surface area contributed by atoms with E-state index in [2.05, 4.69) is 21.5 Å². The van der Waals surface area contributed by atoms with Crippen molar-refractivity contribution in [3.63, 3.8) is 0 Å². The van der Waals surface area contributed by atoms with E-state index in [1.807, 2.05) is 6.07 Å². The second kappa shape index (κ2) is 6.44. The lowest BCUT2D eigenvalue weighted by Crippen LogP contribution is -2.34. The number of rotatable bonds is 6. The average molecular weight is 324 g/mol. The summed E-state index contributed by atoms with van der Waals surface area (Å²) in [6, 6.07) is 5.44. The lowest BCUT2D eigenvalue weighted by molar-refractivity contribution is -0.116. The van der Waals surface area contributed by atoms with Gasteiger partial charge in [0.15, 0.2) is 5.66 Å². The van der Waals surface area contributed by atoms with Crippen molar-refractivity contribution in [2.24, 2.45) is 10.2 Å². The summed E-state index contributed by atoms with van der Waals surface area (Å²) in [7, 11) is 1.79. The first-order valence-corrected chi connectivity index (χ1v) is 8.09. The molecule has 124 valence electrons. The van der Waals surface area contributed by atoms with E-state index in [1.165, 1.54) is 0 Å². The molecule has 24 heavy (non-hydrogen) atoms. The van der Waals surface area contributed by atoms with Crippen LogP contribution in [0.4, 0.5) is 5.69 Å². The van der Waals surface area contributed by atoms with E-state index in [9.17, 15) is 9.59 Å². The van der Waals surface area contributed by atoms with Crippen molar-refractivity contribution in [1.82, 2.24) is 4.90 Å². The number of anilines is 1. The molecule has 1 aromatic carbocycles. The molecule has 2 aliphatic heterocycles. The van der Waals surface area contributed by atoms with E-state index in [-0.39, 0.29) is 11.8 Å². The molecule has 0 atom stereocenters. The smallest absolute Gasteiger partial charge is 0.253 e. The van der Waals surface area contributed by atoms with Crippen molar-refractivity contribution in [2.45, 2.75) is 37.8 Å². The summed E-state index contributed by atoms with van der Waals surface area (Å²) in [5.41, 5.74) is 1.86. The van der Waals surface area contributed by atoms with Crippen LogP contribution in [0.2, 0.25) is 0 Å². The van der Waals surface area contributed by atoms with Gasteiger partial charge in [-0.1, -0.05) is 6.07 Å². The van der Waals surface area contributed by atoms with Gasteiger partial charge in [0, 0.05) is 50.5 Å². The Hall–Kier alpha value is -2.68. The molecule has 0 fully saturated rings. The van der Waals surface area contributed by atoms with Gasteiger partial charge >= 0.3 is 0 Å². The molecule has 0 aliphatic carbocycles. The molecule has 1 aromatic rings. The molecule has 0 saturated heterocycles. The maximum atomic E-state index is 12.3. The number of nitrogens with one attached hydrogen (secondary N) is 1. The minimum absolute atomic E-state index is 0.00355. The molecule has 2 heterocycles. The number of terminal acetylenes is 1. The van der Waals surface area contributed by atoms with Crippen LogP contribution in [0.1, 0.15) is 41.6 Å². The maximum absolute atomic E-state index is 12.3. The maximum Gasteiger partial charge on any atom is 0.253 e. The Kier molecular flexibility index (Phi) is 4.34. The number of benzene rings is 1. The first-order valence-electron chi connectivity index (χ1n) is 8.09. The molecule has 0 spiro atoms. The molecule has 2 amide bonds. The van der Waals surface area contributed by atoms with Crippen LogP contribution in [0, 0.1) is 12.3 Å². The molecule has 0 bridgehead atoms. The lowest BCUT2D eigenvalue weighted by Gasteiger charge is -2.26. The number of nitrogens with zero attached hydrogens (tertiary/aromatic N) is 3. The first-order chi connectivity index (χ1) is 11.5. The Balaban J connectivity index is 1.62. The van der Waals surface area contributed by atoms with Crippen molar-refractivity contribution in [2.75, 3.05) is 18.9 Å². The molecule has 0 unspecified atom stereocenters. The van der Waals surface area contributed by atoms with Gasteiger partial charge in [-0.05, 0) is 24.1 Å². The third-order valence-electron chi connectivity index (χ3n) is 4.53. The summed E-state index contributed by atoms with van der Waals surface area (Å²) < 4.78 is 0. The second-order valence-electron chi connectivity index (χ2n) is 6.24. The summed E-state index contributed by atoms with van der Waals surface area (Å²) in [6.07, 6.45) is 8.20. The van der Waals surface area contributed by atoms with Crippen LogP contribution < -0.4 is 5.32 Å². The number of carbonyl (C=O) groups excluding carboxylic acids is 2. The van der Waals surface area contributed by atoms with Crippen LogP contribution in [-0.2, 0) is 11.2 Å². The zero-order valence-corrected chi connectivity index (χ0v) is 13.7. The number of fused-ring (bicyclic) bond motifs is 1. The van der Waals surface area contributed by atoms with Gasteiger partial charge in [0.2, 0.25) is 5.91 Å². The topological polar surface area (TPSA) is 74.1 Å². The standard InChI is InChI=1S/C18H20N4O2/c1-3-4-10-18(20-21-18)11-8-16(23)19-15-7-5-6-14-13(15)9-12-22(2)17(14)24/h1,5-7H,4,8-12H2,2H3,(H,19,23). The molecule has 1 N–H and O–H groups in total. The molecule has 0 radical (unpaired) electrons. The van der Waals surface area contributed by atoms with Crippen molar-refractivity contribution in [3.8, 4) is 12.3 Å². The Bertz CT molecular complexity index is 742. The highest BCUT2D eigenvalue weighted by atomic mass is 16.2. The van der Waals surface area contributed by atoms with Crippen LogP contribution >= 0.6 is 0 Å². The molecule has 0 saturated carbocycles. The van der Waals surface area contributed by atoms with E-state index in [0.29, 0.717) is 37.8 Å². The fourth-order valence-corrected chi connectivity index (χ4v) is 2.95. The molecule has 6 nitrogen and oxygen atoms in total. The van der Waals surface area contributed by atoms with Crippen LogP contribution in [0.5, 0.6) is 0 Å². The largest absolute Gasteiger partial charge is 0.341 e. The monoisotopic (exact) mass is 324 g/mol. The number of hydrogen-bond donors (Lipinski definition) is 1. The summed E-state index contributed by atoms with van der Waals surface area (Å²) in [5, 5.41) is 11.0. The molecular weight excluding hydrogens is 304 g/mol. The van der Waals surface area contributed by atoms with E-state index < -0.39 is 5.66 Å². The number of hydrogen-bond acceptors (Lipinski definition) is 4. The van der Waals surface area contributed by atoms with Crippen LogP contribution in [0.15, 0.2) is 28.4 Å². The van der Waals surface area contributed by atoms with Gasteiger partial charge in [0.25, 0.3) is 5.91 Å². The summed E-state index contributed by atoms with van der Waals surface area (Å²) in [4.78, 5) is 26.1. The minimum Gasteiger partial charge on any atom is -0.341 e. The van der Waals surface area contributed by atoms with Gasteiger partial charge in [-0.2, -0.15) is 10.2 Å². The van der Waals surface area contributed by atoms with Gasteiger partial charge < -0.3 is 10.2 Å². The van der Waals surface area contributed by atoms with E-state index >= 15 is 0 Å². The van der Waals surface area contributed by atoms with Crippen molar-refractivity contribution >= 4 is 17.5 Å². The summed E-state index contributed by atoms with van der Waals surface area (Å²) in [5.74, 6) is 2.48. The van der Waals surface area contributed by atoms with Gasteiger partial charge in [-0.15, -0.1) is 12.3 Å². The highest BCUT2D eigenvalue weighted by molar-refractivity contribution is 6.00. The molecule has 3 rings (SSSR count). The zero-order valence-electron chi connectivity index (χ0n) is 13.7. The average Bonchev–Trinajstić information content (AvgIpc) is 3.35. The third kappa shape index (κ3) is 3.30. The Labute approximate surface area is 141 Å². The van der Waals surface area contributed by atoms with Gasteiger partial charge in [0.05, 0.1) is 0 Å². The highest BCUT2D eigenvalue weighted by Gasteiger charge is 2.39. The quantitative estimate of drug-likeness (QED) is 0.817. The normalized spacial score (nSPS) is 17.2. The molecule has 0 aromatic heterocycles. The number of likely N-dealkylation sites (N-methyl/N-ethyl adjacent to an activating group) is 1. The fourth-order valence-electron chi connectivity index (χ4n) is 2.95.